The second kappa shape index (κ2) is 10.5. The Labute approximate surface area is 219 Å². The molecular formula is C25H19BrCl2N4O3. The van der Waals surface area contributed by atoms with E-state index in [9.17, 15) is 14.4 Å². The molecule has 0 fully saturated rings. The predicted octanol–water partition coefficient (Wildman–Crippen LogP) is 6.23. The number of para-hydroxylation sites is 1. The van der Waals surface area contributed by atoms with E-state index in [1.807, 2.05) is 19.1 Å². The van der Waals surface area contributed by atoms with Crippen LogP contribution in [0, 0.1) is 0 Å². The molecule has 0 bridgehead atoms. The number of hydrogen-bond acceptors (Lipinski definition) is 3. The van der Waals surface area contributed by atoms with E-state index in [0.717, 1.165) is 10.0 Å². The van der Waals surface area contributed by atoms with E-state index in [0.29, 0.717) is 33.7 Å². The lowest BCUT2D eigenvalue weighted by Crippen LogP contribution is -2.36. The number of fused-ring (bicyclic) bond motifs is 1. The zero-order valence-electron chi connectivity index (χ0n) is 18.4. The zero-order chi connectivity index (χ0) is 25.1. The van der Waals surface area contributed by atoms with Crippen molar-refractivity contribution in [1.29, 1.82) is 0 Å². The van der Waals surface area contributed by atoms with E-state index in [4.69, 9.17) is 23.2 Å². The van der Waals surface area contributed by atoms with Gasteiger partial charge in [0.05, 0.1) is 15.6 Å². The molecule has 3 N–H and O–H groups in total. The van der Waals surface area contributed by atoms with Crippen molar-refractivity contribution in [3.8, 4) is 0 Å². The van der Waals surface area contributed by atoms with E-state index in [2.05, 4.69) is 32.0 Å². The maximum absolute atomic E-state index is 13.1. The van der Waals surface area contributed by atoms with E-state index in [1.54, 1.807) is 48.5 Å². The lowest BCUT2D eigenvalue weighted by atomic mass is 10.1. The van der Waals surface area contributed by atoms with Crippen molar-refractivity contribution in [2.75, 3.05) is 16.1 Å². The molecule has 4 rings (SSSR count). The van der Waals surface area contributed by atoms with Crippen LogP contribution in [0.1, 0.15) is 23.0 Å². The third kappa shape index (κ3) is 5.51. The second-order valence-electron chi connectivity index (χ2n) is 7.56. The van der Waals surface area contributed by atoms with Crippen LogP contribution in [-0.2, 0) is 16.0 Å². The van der Waals surface area contributed by atoms with E-state index in [-0.39, 0.29) is 10.7 Å². The third-order valence-electron chi connectivity index (χ3n) is 5.24. The Morgan fingerprint density at radius 2 is 1.66 bits per heavy atom. The predicted molar refractivity (Wildman–Crippen MR) is 143 cm³/mol. The Balaban J connectivity index is 1.63. The monoisotopic (exact) mass is 572 g/mol. The lowest BCUT2D eigenvalue weighted by Gasteiger charge is -2.14. The smallest absolute Gasteiger partial charge is 0.321 e. The van der Waals surface area contributed by atoms with Crippen LogP contribution in [0.5, 0.6) is 0 Å². The Bertz CT molecular complexity index is 1470. The van der Waals surface area contributed by atoms with Gasteiger partial charge in [0.1, 0.15) is 5.69 Å². The second-order valence-corrected chi connectivity index (χ2v) is 9.29. The number of carbonyl (C=O) groups excluding carboxylic acids is 3. The molecule has 0 aliphatic carbocycles. The molecule has 3 amide bonds. The number of carbonyl (C=O) groups is 3. The number of amides is 3. The molecule has 0 saturated carbocycles. The van der Waals surface area contributed by atoms with Crippen molar-refractivity contribution in [2.24, 2.45) is 0 Å². The first-order valence-electron chi connectivity index (χ1n) is 10.5. The standard InChI is InChI=1S/C25H19BrCl2N4O3/c1-2-14-5-3-4-6-20(14)30-24(34)25(35)31-32-21-10-7-16(26)11-15(21)12-22(32)23(33)29-17-8-9-18(27)19(28)13-17/h3-13H,2H2,1H3,(H,29,33)(H,30,34)(H,31,35). The summed E-state index contributed by atoms with van der Waals surface area (Å²) < 4.78 is 2.07. The van der Waals surface area contributed by atoms with E-state index in [1.165, 1.54) is 10.7 Å². The van der Waals surface area contributed by atoms with Gasteiger partial charge in [0.15, 0.2) is 0 Å². The maximum Gasteiger partial charge on any atom is 0.328 e. The maximum atomic E-state index is 13.1. The number of hydrogen-bond donors (Lipinski definition) is 3. The Morgan fingerprint density at radius 3 is 2.40 bits per heavy atom. The summed E-state index contributed by atoms with van der Waals surface area (Å²) in [5, 5.41) is 6.68. The van der Waals surface area contributed by atoms with Gasteiger partial charge in [-0.05, 0) is 60.5 Å². The summed E-state index contributed by atoms with van der Waals surface area (Å²) in [6.07, 6.45) is 0.689. The zero-order valence-corrected chi connectivity index (χ0v) is 21.5. The van der Waals surface area contributed by atoms with Gasteiger partial charge in [-0.15, -0.1) is 0 Å². The van der Waals surface area contributed by atoms with Crippen molar-refractivity contribution in [3.05, 3.63) is 92.5 Å². The summed E-state index contributed by atoms with van der Waals surface area (Å²) >= 11 is 15.4. The number of nitrogens with one attached hydrogen (secondary N) is 3. The van der Waals surface area contributed by atoms with Crippen molar-refractivity contribution in [1.82, 2.24) is 4.68 Å². The van der Waals surface area contributed by atoms with Gasteiger partial charge < -0.3 is 10.6 Å². The topological polar surface area (TPSA) is 92.2 Å². The molecule has 0 aliphatic heterocycles. The molecule has 178 valence electrons. The van der Waals surface area contributed by atoms with Gasteiger partial charge in [-0.1, -0.05) is 64.3 Å². The first-order valence-corrected chi connectivity index (χ1v) is 12.1. The summed E-state index contributed by atoms with van der Waals surface area (Å²) in [5.74, 6) is -2.31. The van der Waals surface area contributed by atoms with Crippen LogP contribution < -0.4 is 16.1 Å². The number of rotatable bonds is 5. The number of aromatic nitrogens is 1. The summed E-state index contributed by atoms with van der Waals surface area (Å²) in [5.41, 5.74) is 5.04. The van der Waals surface area contributed by atoms with Gasteiger partial charge in [0, 0.05) is 21.2 Å². The van der Waals surface area contributed by atoms with Crippen molar-refractivity contribution in [2.45, 2.75) is 13.3 Å². The molecule has 3 aromatic carbocycles. The molecule has 7 nitrogen and oxygen atoms in total. The van der Waals surface area contributed by atoms with Crippen LogP contribution in [0.15, 0.2) is 71.2 Å². The van der Waals surface area contributed by atoms with Gasteiger partial charge >= 0.3 is 11.8 Å². The molecule has 0 aliphatic rings. The molecule has 0 spiro atoms. The first-order chi connectivity index (χ1) is 16.8. The number of halogens is 3. The van der Waals surface area contributed by atoms with Crippen molar-refractivity contribution in [3.63, 3.8) is 0 Å². The highest BCUT2D eigenvalue weighted by Crippen LogP contribution is 2.27. The summed E-state index contributed by atoms with van der Waals surface area (Å²) in [7, 11) is 0. The molecule has 0 atom stereocenters. The molecule has 10 heteroatoms. The van der Waals surface area contributed by atoms with Crippen molar-refractivity contribution < 1.29 is 14.4 Å². The molecule has 0 unspecified atom stereocenters. The number of aryl methyl sites for hydroxylation is 1. The minimum Gasteiger partial charge on any atom is -0.321 e. The highest BCUT2D eigenvalue weighted by atomic mass is 79.9. The largest absolute Gasteiger partial charge is 0.328 e. The molecule has 1 aromatic heterocycles. The molecule has 4 aromatic rings. The highest BCUT2D eigenvalue weighted by molar-refractivity contribution is 9.10. The van der Waals surface area contributed by atoms with Gasteiger partial charge in [0.2, 0.25) is 0 Å². The Morgan fingerprint density at radius 1 is 0.886 bits per heavy atom. The fraction of sp³-hybridized carbons (Fsp3) is 0.0800. The van der Waals surface area contributed by atoms with Crippen LogP contribution in [-0.4, -0.2) is 22.4 Å². The fourth-order valence-corrected chi connectivity index (χ4v) is 4.20. The average Bonchev–Trinajstić information content (AvgIpc) is 3.19. The minimum absolute atomic E-state index is 0.110. The molecule has 35 heavy (non-hydrogen) atoms. The average molecular weight is 574 g/mol. The van der Waals surface area contributed by atoms with Crippen LogP contribution in [0.2, 0.25) is 10.0 Å². The Hall–Kier alpha value is -3.33. The molecule has 0 saturated heterocycles. The van der Waals surface area contributed by atoms with Crippen LogP contribution in [0.4, 0.5) is 11.4 Å². The van der Waals surface area contributed by atoms with Gasteiger partial charge in [-0.2, -0.15) is 0 Å². The van der Waals surface area contributed by atoms with Crippen LogP contribution in [0.3, 0.4) is 0 Å². The fourth-order valence-electron chi connectivity index (χ4n) is 3.52. The number of nitrogens with zero attached hydrogens (tertiary/aromatic N) is 1. The molecule has 0 radical (unpaired) electrons. The number of anilines is 2. The SMILES string of the molecule is CCc1ccccc1NC(=O)C(=O)Nn1c(C(=O)Nc2ccc(Cl)c(Cl)c2)cc2cc(Br)ccc21. The van der Waals surface area contributed by atoms with Gasteiger partial charge in [0.25, 0.3) is 5.91 Å². The van der Waals surface area contributed by atoms with E-state index < -0.39 is 17.7 Å². The van der Waals surface area contributed by atoms with Gasteiger partial charge in [-0.3, -0.25) is 19.8 Å². The van der Waals surface area contributed by atoms with Crippen LogP contribution in [0.25, 0.3) is 10.9 Å². The summed E-state index contributed by atoms with van der Waals surface area (Å²) in [6.45, 7) is 1.95. The molecular weight excluding hydrogens is 555 g/mol. The van der Waals surface area contributed by atoms with Gasteiger partial charge in [-0.25, -0.2) is 4.68 Å². The van der Waals surface area contributed by atoms with E-state index >= 15 is 0 Å². The quantitative estimate of drug-likeness (QED) is 0.247. The van der Waals surface area contributed by atoms with Crippen LogP contribution >= 0.6 is 39.1 Å². The summed E-state index contributed by atoms with van der Waals surface area (Å²) in [4.78, 5) is 38.6. The lowest BCUT2D eigenvalue weighted by molar-refractivity contribution is -0.133. The van der Waals surface area contributed by atoms with Crippen molar-refractivity contribution >= 4 is 79.1 Å². The number of benzene rings is 3. The third-order valence-corrected chi connectivity index (χ3v) is 6.47. The Kier molecular flexibility index (Phi) is 7.45. The minimum atomic E-state index is -0.931. The normalized spacial score (nSPS) is 10.7. The summed E-state index contributed by atoms with van der Waals surface area (Å²) in [6, 6.07) is 18.8. The first kappa shape index (κ1) is 24.8. The highest BCUT2D eigenvalue weighted by Gasteiger charge is 2.22. The molecule has 1 heterocycles.